The van der Waals surface area contributed by atoms with Gasteiger partial charge in [0.05, 0.1) is 18.9 Å². The quantitative estimate of drug-likeness (QED) is 0.457. The lowest BCUT2D eigenvalue weighted by molar-refractivity contribution is -0.159. The molecule has 1 aliphatic heterocycles. The smallest absolute Gasteiger partial charge is 0.329 e. The summed E-state index contributed by atoms with van der Waals surface area (Å²) in [6, 6.07) is 3.21. The number of esters is 1. The Bertz CT molecular complexity index is 749. The molecule has 6 nitrogen and oxygen atoms in total. The molecule has 3 rings (SSSR count). The number of carbonyl (C=O) groups is 3. The average molecular weight is 361 g/mol. The second-order valence-electron chi connectivity index (χ2n) is 6.45. The molecule has 1 aromatic carbocycles. The lowest BCUT2D eigenvalue weighted by Gasteiger charge is -2.21. The molecule has 2 aliphatic rings. The molecule has 138 valence electrons. The third-order valence-corrected chi connectivity index (χ3v) is 4.87. The van der Waals surface area contributed by atoms with Gasteiger partial charge in [-0.3, -0.25) is 14.5 Å². The van der Waals surface area contributed by atoms with Gasteiger partial charge in [-0.05, 0) is 37.5 Å². The SMILES string of the molecule is COc1ccc(COC(=O)[C@H](C)N2C(=O)[C@H]3CC=CC[C@H]3C2=O)cc1F. The third-order valence-electron chi connectivity index (χ3n) is 4.87. The van der Waals surface area contributed by atoms with Gasteiger partial charge in [0.25, 0.3) is 0 Å². The summed E-state index contributed by atoms with van der Waals surface area (Å²) in [5.74, 6) is -2.60. The molecule has 1 aromatic rings. The molecule has 26 heavy (non-hydrogen) atoms. The van der Waals surface area contributed by atoms with E-state index in [2.05, 4.69) is 0 Å². The number of methoxy groups -OCH3 is 1. The highest BCUT2D eigenvalue weighted by molar-refractivity contribution is 6.08. The van der Waals surface area contributed by atoms with Crippen LogP contribution < -0.4 is 4.74 Å². The number of nitrogens with zero attached hydrogens (tertiary/aromatic N) is 1. The van der Waals surface area contributed by atoms with E-state index >= 15 is 0 Å². The van der Waals surface area contributed by atoms with Crippen LogP contribution in [0.5, 0.6) is 5.75 Å². The van der Waals surface area contributed by atoms with Crippen LogP contribution in [0, 0.1) is 17.7 Å². The molecule has 0 saturated carbocycles. The molecule has 1 fully saturated rings. The molecule has 2 amide bonds. The maximum atomic E-state index is 13.7. The van der Waals surface area contributed by atoms with E-state index < -0.39 is 29.7 Å². The van der Waals surface area contributed by atoms with Crippen molar-refractivity contribution in [2.45, 2.75) is 32.4 Å². The van der Waals surface area contributed by atoms with Crippen LogP contribution in [0.25, 0.3) is 0 Å². The molecule has 1 saturated heterocycles. The first-order valence-electron chi connectivity index (χ1n) is 8.45. The van der Waals surface area contributed by atoms with Gasteiger partial charge in [-0.25, -0.2) is 9.18 Å². The highest BCUT2D eigenvalue weighted by Crippen LogP contribution is 2.36. The first-order valence-corrected chi connectivity index (χ1v) is 8.45. The molecule has 7 heteroatoms. The molecular formula is C19H20FNO5. The van der Waals surface area contributed by atoms with Gasteiger partial charge in [-0.1, -0.05) is 18.2 Å². The van der Waals surface area contributed by atoms with Gasteiger partial charge < -0.3 is 9.47 Å². The number of carbonyl (C=O) groups excluding carboxylic acids is 3. The molecule has 0 bridgehead atoms. The molecule has 1 aliphatic carbocycles. The topological polar surface area (TPSA) is 72.9 Å². The molecule has 0 radical (unpaired) electrons. The van der Waals surface area contributed by atoms with Gasteiger partial charge in [-0.15, -0.1) is 0 Å². The highest BCUT2D eigenvalue weighted by Gasteiger charge is 2.50. The maximum absolute atomic E-state index is 13.7. The van der Waals surface area contributed by atoms with Crippen molar-refractivity contribution >= 4 is 17.8 Å². The molecule has 3 atom stereocenters. The van der Waals surface area contributed by atoms with E-state index in [1.807, 2.05) is 12.2 Å². The molecule has 0 spiro atoms. The van der Waals surface area contributed by atoms with Gasteiger partial charge in [0.1, 0.15) is 12.6 Å². The van der Waals surface area contributed by atoms with E-state index in [0.717, 1.165) is 4.90 Å². The van der Waals surface area contributed by atoms with Crippen LogP contribution in [0.2, 0.25) is 0 Å². The summed E-state index contributed by atoms with van der Waals surface area (Å²) in [6.07, 6.45) is 4.80. The molecule has 0 aromatic heterocycles. The van der Waals surface area contributed by atoms with Crippen LogP contribution in [0.3, 0.4) is 0 Å². The van der Waals surface area contributed by atoms with E-state index in [9.17, 15) is 18.8 Å². The normalized spacial score (nSPS) is 23.0. The van der Waals surface area contributed by atoms with Crippen molar-refractivity contribution in [3.63, 3.8) is 0 Å². The van der Waals surface area contributed by atoms with E-state index in [4.69, 9.17) is 9.47 Å². The second kappa shape index (κ2) is 7.27. The number of hydrogen-bond acceptors (Lipinski definition) is 5. The Labute approximate surface area is 150 Å². The zero-order valence-corrected chi connectivity index (χ0v) is 14.6. The fourth-order valence-electron chi connectivity index (χ4n) is 3.39. The summed E-state index contributed by atoms with van der Waals surface area (Å²) in [5.41, 5.74) is 0.445. The number of rotatable bonds is 5. The minimum absolute atomic E-state index is 0.0953. The number of fused-ring (bicyclic) bond motifs is 1. The predicted molar refractivity (Wildman–Crippen MR) is 89.4 cm³/mol. The summed E-state index contributed by atoms with van der Waals surface area (Å²) >= 11 is 0. The van der Waals surface area contributed by atoms with Crippen LogP contribution in [0.1, 0.15) is 25.3 Å². The largest absolute Gasteiger partial charge is 0.494 e. The molecular weight excluding hydrogens is 341 g/mol. The fraction of sp³-hybridized carbons (Fsp3) is 0.421. The number of amides is 2. The van der Waals surface area contributed by atoms with Gasteiger partial charge in [-0.2, -0.15) is 0 Å². The second-order valence-corrected chi connectivity index (χ2v) is 6.45. The Morgan fingerprint density at radius 3 is 2.38 bits per heavy atom. The van der Waals surface area contributed by atoms with Crippen molar-refractivity contribution in [2.24, 2.45) is 11.8 Å². The minimum Gasteiger partial charge on any atom is -0.494 e. The van der Waals surface area contributed by atoms with Crippen LogP contribution in [-0.4, -0.2) is 35.8 Å². The van der Waals surface area contributed by atoms with Crippen molar-refractivity contribution in [3.8, 4) is 5.75 Å². The summed E-state index contributed by atoms with van der Waals surface area (Å²) < 4.78 is 23.7. The Morgan fingerprint density at radius 2 is 1.85 bits per heavy atom. The van der Waals surface area contributed by atoms with E-state index in [0.29, 0.717) is 18.4 Å². The van der Waals surface area contributed by atoms with Crippen LogP contribution in [0.4, 0.5) is 4.39 Å². The number of allylic oxidation sites excluding steroid dienone is 2. The number of ether oxygens (including phenoxy) is 2. The standard InChI is InChI=1S/C19H20FNO5/c1-11(21-17(22)13-5-3-4-6-14(13)18(21)23)19(24)26-10-12-7-8-16(25-2)15(20)9-12/h3-4,7-9,11,13-14H,5-6,10H2,1-2H3/t11-,13-,14+/m0/s1. The van der Waals surface area contributed by atoms with E-state index in [1.165, 1.54) is 26.2 Å². The Balaban J connectivity index is 1.64. The summed E-state index contributed by atoms with van der Waals surface area (Å²) in [5, 5.41) is 0. The summed E-state index contributed by atoms with van der Waals surface area (Å²) in [6.45, 7) is 1.31. The van der Waals surface area contributed by atoms with E-state index in [1.54, 1.807) is 6.07 Å². The van der Waals surface area contributed by atoms with Crippen molar-refractivity contribution in [3.05, 3.63) is 41.7 Å². The Hall–Kier alpha value is -2.70. The fourth-order valence-corrected chi connectivity index (χ4v) is 3.39. The zero-order valence-electron chi connectivity index (χ0n) is 14.6. The van der Waals surface area contributed by atoms with Crippen LogP contribution in [-0.2, 0) is 25.7 Å². The van der Waals surface area contributed by atoms with Crippen molar-refractivity contribution < 1.29 is 28.2 Å². The number of benzene rings is 1. The average Bonchev–Trinajstić information content (AvgIpc) is 2.90. The molecule has 0 unspecified atom stereocenters. The van der Waals surface area contributed by atoms with Crippen LogP contribution >= 0.6 is 0 Å². The predicted octanol–water partition coefficient (Wildman–Crippen LogP) is 2.22. The lowest BCUT2D eigenvalue weighted by atomic mass is 9.85. The van der Waals surface area contributed by atoms with Gasteiger partial charge >= 0.3 is 5.97 Å². The minimum atomic E-state index is -1.01. The number of imide groups is 1. The van der Waals surface area contributed by atoms with Crippen molar-refractivity contribution in [2.75, 3.05) is 7.11 Å². The monoisotopic (exact) mass is 361 g/mol. The van der Waals surface area contributed by atoms with Gasteiger partial charge in [0, 0.05) is 0 Å². The number of likely N-dealkylation sites (tertiary alicyclic amines) is 1. The van der Waals surface area contributed by atoms with Gasteiger partial charge in [0.2, 0.25) is 11.8 Å². The number of halogens is 1. The maximum Gasteiger partial charge on any atom is 0.329 e. The van der Waals surface area contributed by atoms with Crippen LogP contribution in [0.15, 0.2) is 30.4 Å². The molecule has 0 N–H and O–H groups in total. The Kier molecular flexibility index (Phi) is 5.06. The highest BCUT2D eigenvalue weighted by atomic mass is 19.1. The summed E-state index contributed by atoms with van der Waals surface area (Å²) in [4.78, 5) is 38.3. The summed E-state index contributed by atoms with van der Waals surface area (Å²) in [7, 11) is 1.36. The lowest BCUT2D eigenvalue weighted by Crippen LogP contribution is -2.44. The third kappa shape index (κ3) is 3.21. The van der Waals surface area contributed by atoms with Crippen molar-refractivity contribution in [1.29, 1.82) is 0 Å². The van der Waals surface area contributed by atoms with Crippen molar-refractivity contribution in [1.82, 2.24) is 4.90 Å². The molecule has 1 heterocycles. The Morgan fingerprint density at radius 1 is 1.23 bits per heavy atom. The zero-order chi connectivity index (χ0) is 18.8. The first-order chi connectivity index (χ1) is 12.4. The van der Waals surface area contributed by atoms with Gasteiger partial charge in [0.15, 0.2) is 11.6 Å². The number of hydrogen-bond donors (Lipinski definition) is 0. The first kappa shape index (κ1) is 18.1. The van der Waals surface area contributed by atoms with E-state index in [-0.39, 0.29) is 24.2 Å².